The van der Waals surface area contributed by atoms with E-state index in [4.69, 9.17) is 0 Å². The van der Waals surface area contributed by atoms with Crippen molar-refractivity contribution in [3.8, 4) is 22.8 Å². The Hall–Kier alpha value is -3.34. The highest BCUT2D eigenvalue weighted by Gasteiger charge is 2.10. The summed E-state index contributed by atoms with van der Waals surface area (Å²) in [6.07, 6.45) is 3.80. The minimum Gasteiger partial charge on any atom is -0.298 e. The maximum atomic E-state index is 11.6. The fourth-order valence-electron chi connectivity index (χ4n) is 2.79. The zero-order valence-corrected chi connectivity index (χ0v) is 14.0. The van der Waals surface area contributed by atoms with Crippen LogP contribution in [0.25, 0.3) is 28.3 Å². The van der Waals surface area contributed by atoms with Crippen LogP contribution in [0.3, 0.4) is 0 Å². The van der Waals surface area contributed by atoms with Gasteiger partial charge < -0.3 is 0 Å². The number of carbonyl (C=O) groups is 1. The number of hydrogen-bond acceptors (Lipinski definition) is 4. The zero-order chi connectivity index (χ0) is 17.4. The Kier molecular flexibility index (Phi) is 3.61. The summed E-state index contributed by atoms with van der Waals surface area (Å²) in [7, 11) is 0. The first-order valence-electron chi connectivity index (χ1n) is 8.01. The lowest BCUT2D eigenvalue weighted by Crippen LogP contribution is -1.98. The van der Waals surface area contributed by atoms with Gasteiger partial charge in [-0.25, -0.2) is 15.0 Å². The predicted octanol–water partition coefficient (Wildman–Crippen LogP) is 3.97. The SMILES string of the molecule is CC(=O)c1cccc(-c2ccc3cnc(-c4cccc(C)n4)n3c2)n1. The van der Waals surface area contributed by atoms with E-state index >= 15 is 0 Å². The van der Waals surface area contributed by atoms with Crippen molar-refractivity contribution in [3.05, 3.63) is 72.3 Å². The topological polar surface area (TPSA) is 60.2 Å². The molecule has 0 aromatic carbocycles. The molecular formula is C20H16N4O. The Labute approximate surface area is 145 Å². The van der Waals surface area contributed by atoms with Gasteiger partial charge in [0, 0.05) is 24.4 Å². The van der Waals surface area contributed by atoms with Crippen molar-refractivity contribution in [2.45, 2.75) is 13.8 Å². The molecule has 4 aromatic rings. The van der Waals surface area contributed by atoms with Gasteiger partial charge in [-0.2, -0.15) is 0 Å². The van der Waals surface area contributed by atoms with E-state index in [9.17, 15) is 4.79 Å². The smallest absolute Gasteiger partial charge is 0.178 e. The highest BCUT2D eigenvalue weighted by molar-refractivity contribution is 5.92. The molecule has 0 radical (unpaired) electrons. The summed E-state index contributed by atoms with van der Waals surface area (Å²) in [5.41, 5.74) is 4.88. The first-order valence-corrected chi connectivity index (χ1v) is 8.01. The average molecular weight is 328 g/mol. The van der Waals surface area contributed by atoms with Crippen LogP contribution in [0.1, 0.15) is 23.1 Å². The largest absolute Gasteiger partial charge is 0.298 e. The van der Waals surface area contributed by atoms with E-state index in [2.05, 4.69) is 15.0 Å². The lowest BCUT2D eigenvalue weighted by atomic mass is 10.1. The van der Waals surface area contributed by atoms with Crippen molar-refractivity contribution >= 4 is 11.3 Å². The van der Waals surface area contributed by atoms with Gasteiger partial charge >= 0.3 is 0 Å². The van der Waals surface area contributed by atoms with Crippen LogP contribution in [0.4, 0.5) is 0 Å². The summed E-state index contributed by atoms with van der Waals surface area (Å²) < 4.78 is 2.00. The van der Waals surface area contributed by atoms with Crippen LogP contribution in [0.5, 0.6) is 0 Å². The van der Waals surface area contributed by atoms with Crippen LogP contribution in [0, 0.1) is 6.92 Å². The Morgan fingerprint density at radius 2 is 1.76 bits per heavy atom. The number of hydrogen-bond donors (Lipinski definition) is 0. The molecule has 0 atom stereocenters. The number of aryl methyl sites for hydroxylation is 1. The van der Waals surface area contributed by atoms with Crippen molar-refractivity contribution in [1.29, 1.82) is 0 Å². The molecule has 0 saturated heterocycles. The Morgan fingerprint density at radius 1 is 0.960 bits per heavy atom. The van der Waals surface area contributed by atoms with Gasteiger partial charge in [-0.3, -0.25) is 9.20 Å². The van der Waals surface area contributed by atoms with Crippen molar-refractivity contribution in [3.63, 3.8) is 0 Å². The third-order valence-corrected chi connectivity index (χ3v) is 4.05. The summed E-state index contributed by atoms with van der Waals surface area (Å²) in [6.45, 7) is 3.48. The first kappa shape index (κ1) is 15.2. The van der Waals surface area contributed by atoms with Crippen LogP contribution in [-0.4, -0.2) is 25.1 Å². The molecule has 0 aliphatic heterocycles. The van der Waals surface area contributed by atoms with E-state index in [0.717, 1.165) is 34.0 Å². The van der Waals surface area contributed by atoms with Gasteiger partial charge in [-0.1, -0.05) is 12.1 Å². The third kappa shape index (κ3) is 2.80. The molecule has 0 unspecified atom stereocenters. The quantitative estimate of drug-likeness (QED) is 0.534. The van der Waals surface area contributed by atoms with E-state index < -0.39 is 0 Å². The van der Waals surface area contributed by atoms with Gasteiger partial charge in [-0.15, -0.1) is 0 Å². The van der Waals surface area contributed by atoms with Gasteiger partial charge in [0.05, 0.1) is 17.4 Å². The van der Waals surface area contributed by atoms with E-state index in [1.165, 1.54) is 6.92 Å². The van der Waals surface area contributed by atoms with E-state index in [1.54, 1.807) is 6.07 Å². The van der Waals surface area contributed by atoms with Crippen LogP contribution in [0.2, 0.25) is 0 Å². The molecule has 0 spiro atoms. The number of aromatic nitrogens is 4. The van der Waals surface area contributed by atoms with Gasteiger partial charge in [-0.05, 0) is 43.3 Å². The molecule has 4 rings (SSSR count). The molecule has 0 fully saturated rings. The number of pyridine rings is 3. The standard InChI is InChI=1S/C20H16N4O/c1-13-5-3-8-19(22-13)20-21-11-16-10-9-15(12-24(16)20)18-7-4-6-17(23-18)14(2)25/h3-12H,1-2H3. The molecule has 122 valence electrons. The highest BCUT2D eigenvalue weighted by Crippen LogP contribution is 2.23. The number of nitrogens with zero attached hydrogens (tertiary/aromatic N) is 4. The number of carbonyl (C=O) groups excluding carboxylic acids is 1. The van der Waals surface area contributed by atoms with E-state index in [1.807, 2.05) is 66.2 Å². The van der Waals surface area contributed by atoms with Crippen molar-refractivity contribution in [2.75, 3.05) is 0 Å². The number of imidazole rings is 1. The summed E-state index contributed by atoms with van der Waals surface area (Å²) in [5, 5.41) is 0. The summed E-state index contributed by atoms with van der Waals surface area (Å²) in [5.74, 6) is 0.735. The molecule has 0 saturated carbocycles. The molecule has 0 aliphatic rings. The van der Waals surface area contributed by atoms with Gasteiger partial charge in [0.15, 0.2) is 11.6 Å². The number of rotatable bonds is 3. The third-order valence-electron chi connectivity index (χ3n) is 4.05. The molecule has 4 heterocycles. The Morgan fingerprint density at radius 3 is 2.56 bits per heavy atom. The van der Waals surface area contributed by atoms with Crippen LogP contribution in [-0.2, 0) is 0 Å². The highest BCUT2D eigenvalue weighted by atomic mass is 16.1. The average Bonchev–Trinajstić information content (AvgIpc) is 3.05. The number of fused-ring (bicyclic) bond motifs is 1. The van der Waals surface area contributed by atoms with Crippen molar-refractivity contribution in [1.82, 2.24) is 19.4 Å². The van der Waals surface area contributed by atoms with Crippen LogP contribution < -0.4 is 0 Å². The number of ketones is 1. The molecule has 0 aliphatic carbocycles. The van der Waals surface area contributed by atoms with Crippen molar-refractivity contribution in [2.24, 2.45) is 0 Å². The first-order chi connectivity index (χ1) is 12.1. The van der Waals surface area contributed by atoms with E-state index in [0.29, 0.717) is 5.69 Å². The van der Waals surface area contributed by atoms with Crippen LogP contribution >= 0.6 is 0 Å². The molecule has 5 heteroatoms. The van der Waals surface area contributed by atoms with Crippen LogP contribution in [0.15, 0.2) is 60.9 Å². The molecule has 0 bridgehead atoms. The normalized spacial score (nSPS) is 11.0. The Bertz CT molecular complexity index is 1100. The predicted molar refractivity (Wildman–Crippen MR) is 96.4 cm³/mol. The van der Waals surface area contributed by atoms with Gasteiger partial charge in [0.1, 0.15) is 11.4 Å². The zero-order valence-electron chi connectivity index (χ0n) is 14.0. The second-order valence-corrected chi connectivity index (χ2v) is 5.92. The maximum absolute atomic E-state index is 11.6. The molecule has 25 heavy (non-hydrogen) atoms. The minimum absolute atomic E-state index is 0.0461. The minimum atomic E-state index is -0.0461. The fraction of sp³-hybridized carbons (Fsp3) is 0.100. The fourth-order valence-corrected chi connectivity index (χ4v) is 2.79. The molecule has 4 aromatic heterocycles. The molecule has 0 N–H and O–H groups in total. The maximum Gasteiger partial charge on any atom is 0.178 e. The lowest BCUT2D eigenvalue weighted by Gasteiger charge is -2.06. The van der Waals surface area contributed by atoms with Crippen molar-refractivity contribution < 1.29 is 4.79 Å². The molecule has 5 nitrogen and oxygen atoms in total. The second-order valence-electron chi connectivity index (χ2n) is 5.92. The summed E-state index contributed by atoms with van der Waals surface area (Å²) in [4.78, 5) is 25.1. The summed E-state index contributed by atoms with van der Waals surface area (Å²) >= 11 is 0. The van der Waals surface area contributed by atoms with Gasteiger partial charge in [0.25, 0.3) is 0 Å². The lowest BCUT2D eigenvalue weighted by molar-refractivity contribution is 0.101. The Balaban J connectivity index is 1.86. The van der Waals surface area contributed by atoms with Gasteiger partial charge in [0.2, 0.25) is 0 Å². The summed E-state index contributed by atoms with van der Waals surface area (Å²) in [6, 6.07) is 15.3. The monoisotopic (exact) mass is 328 g/mol. The van der Waals surface area contributed by atoms with E-state index in [-0.39, 0.29) is 5.78 Å². The second kappa shape index (κ2) is 5.94. The number of Topliss-reactive ketones (excluding diaryl/α,β-unsaturated/α-hetero) is 1. The molecule has 0 amide bonds. The molecular weight excluding hydrogens is 312 g/mol.